The Morgan fingerprint density at radius 2 is 1.63 bits per heavy atom. The number of phenolic OH excluding ortho intramolecular Hbond substituents is 1. The van der Waals surface area contributed by atoms with E-state index in [0.29, 0.717) is 12.0 Å². The van der Waals surface area contributed by atoms with Crippen molar-refractivity contribution < 1.29 is 9.90 Å². The monoisotopic (exact) mass is 277 g/mol. The highest BCUT2D eigenvalue weighted by atomic mass is 35.5. The molecule has 2 aromatic rings. The normalized spacial score (nSPS) is 11.4. The lowest BCUT2D eigenvalue weighted by molar-refractivity contribution is 0.0961. The van der Waals surface area contributed by atoms with Crippen LogP contribution in [0.25, 0.3) is 0 Å². The van der Waals surface area contributed by atoms with Crippen LogP contribution >= 0.6 is 12.4 Å². The number of ketones is 1. The smallest absolute Gasteiger partial charge is 0.179 e. The van der Waals surface area contributed by atoms with Gasteiger partial charge in [-0.2, -0.15) is 0 Å². The van der Waals surface area contributed by atoms with Crippen LogP contribution in [0.4, 0.5) is 0 Å². The molecule has 3 N–H and O–H groups in total. The van der Waals surface area contributed by atoms with Crippen molar-refractivity contribution in [1.29, 1.82) is 0 Å². The van der Waals surface area contributed by atoms with Crippen LogP contribution in [0.15, 0.2) is 54.6 Å². The van der Waals surface area contributed by atoms with E-state index in [1.165, 1.54) is 12.1 Å². The number of hydrogen-bond acceptors (Lipinski definition) is 3. The number of carbonyl (C=O) groups excluding carboxylic acids is 1. The Bertz CT molecular complexity index is 526. The fourth-order valence-corrected chi connectivity index (χ4v) is 1.80. The number of phenols is 1. The van der Waals surface area contributed by atoms with Gasteiger partial charge in [0, 0.05) is 5.56 Å². The van der Waals surface area contributed by atoms with Crippen molar-refractivity contribution in [2.45, 2.75) is 12.5 Å². The topological polar surface area (TPSA) is 63.3 Å². The zero-order valence-corrected chi connectivity index (χ0v) is 11.1. The van der Waals surface area contributed by atoms with Gasteiger partial charge in [0.25, 0.3) is 0 Å². The quantitative estimate of drug-likeness (QED) is 0.844. The first-order valence-electron chi connectivity index (χ1n) is 5.79. The summed E-state index contributed by atoms with van der Waals surface area (Å²) in [7, 11) is 0. The second-order valence-electron chi connectivity index (χ2n) is 4.21. The molecule has 4 heteroatoms. The van der Waals surface area contributed by atoms with Crippen molar-refractivity contribution in [1.82, 2.24) is 0 Å². The molecular formula is C15H16ClNO2. The highest BCUT2D eigenvalue weighted by Crippen LogP contribution is 2.12. The molecule has 0 heterocycles. The van der Waals surface area contributed by atoms with Gasteiger partial charge in [-0.25, -0.2) is 0 Å². The number of aromatic hydroxyl groups is 1. The van der Waals surface area contributed by atoms with Crippen LogP contribution in [0.3, 0.4) is 0 Å². The third-order valence-corrected chi connectivity index (χ3v) is 2.79. The fourth-order valence-electron chi connectivity index (χ4n) is 1.80. The summed E-state index contributed by atoms with van der Waals surface area (Å²) in [6.45, 7) is 0. The van der Waals surface area contributed by atoms with E-state index in [1.54, 1.807) is 12.1 Å². The Hall–Kier alpha value is -1.84. The summed E-state index contributed by atoms with van der Waals surface area (Å²) >= 11 is 0. The minimum absolute atomic E-state index is 0. The number of carbonyl (C=O) groups is 1. The van der Waals surface area contributed by atoms with Crippen molar-refractivity contribution in [3.05, 3.63) is 65.7 Å². The standard InChI is InChI=1S/C15H15NO2.ClH/c16-14(10-11-4-2-1-3-5-11)15(18)12-6-8-13(17)9-7-12;/h1-9,14,17H,10,16H2;1H. The van der Waals surface area contributed by atoms with Gasteiger partial charge in [0.15, 0.2) is 5.78 Å². The van der Waals surface area contributed by atoms with Crippen LogP contribution in [0.1, 0.15) is 15.9 Å². The van der Waals surface area contributed by atoms with Crippen LogP contribution in [0, 0.1) is 0 Å². The highest BCUT2D eigenvalue weighted by molar-refractivity contribution is 6.00. The summed E-state index contributed by atoms with van der Waals surface area (Å²) in [5.41, 5.74) is 7.47. The number of halogens is 1. The minimum atomic E-state index is -0.558. The van der Waals surface area contributed by atoms with E-state index in [4.69, 9.17) is 10.8 Å². The molecule has 100 valence electrons. The molecular weight excluding hydrogens is 262 g/mol. The molecule has 1 atom stereocenters. The molecule has 0 bridgehead atoms. The SMILES string of the molecule is Cl.NC(Cc1ccccc1)C(=O)c1ccc(O)cc1. The first-order valence-corrected chi connectivity index (χ1v) is 5.79. The largest absolute Gasteiger partial charge is 0.508 e. The van der Waals surface area contributed by atoms with Crippen molar-refractivity contribution >= 4 is 18.2 Å². The summed E-state index contributed by atoms with van der Waals surface area (Å²) < 4.78 is 0. The summed E-state index contributed by atoms with van der Waals surface area (Å²) in [6.07, 6.45) is 0.514. The minimum Gasteiger partial charge on any atom is -0.508 e. The van der Waals surface area contributed by atoms with Crippen molar-refractivity contribution in [3.63, 3.8) is 0 Å². The maximum Gasteiger partial charge on any atom is 0.179 e. The number of Topliss-reactive ketones (excluding diaryl/α,β-unsaturated/α-hetero) is 1. The van der Waals surface area contributed by atoms with Crippen LogP contribution in [-0.4, -0.2) is 16.9 Å². The number of rotatable bonds is 4. The van der Waals surface area contributed by atoms with Gasteiger partial charge < -0.3 is 10.8 Å². The second-order valence-corrected chi connectivity index (χ2v) is 4.21. The molecule has 0 saturated heterocycles. The van der Waals surface area contributed by atoms with Gasteiger partial charge in [-0.05, 0) is 36.2 Å². The molecule has 0 aromatic heterocycles. The third kappa shape index (κ3) is 4.09. The van der Waals surface area contributed by atoms with Crippen molar-refractivity contribution in [3.8, 4) is 5.75 Å². The summed E-state index contributed by atoms with van der Waals surface area (Å²) in [5, 5.41) is 9.17. The average molecular weight is 278 g/mol. The zero-order valence-electron chi connectivity index (χ0n) is 10.3. The number of benzene rings is 2. The molecule has 0 amide bonds. The lowest BCUT2D eigenvalue weighted by Crippen LogP contribution is -2.32. The zero-order chi connectivity index (χ0) is 13.0. The van der Waals surface area contributed by atoms with Gasteiger partial charge in [0.1, 0.15) is 5.75 Å². The average Bonchev–Trinajstić information content (AvgIpc) is 2.40. The molecule has 19 heavy (non-hydrogen) atoms. The van der Waals surface area contributed by atoms with E-state index >= 15 is 0 Å². The third-order valence-electron chi connectivity index (χ3n) is 2.79. The maximum atomic E-state index is 12.1. The second kappa shape index (κ2) is 6.92. The van der Waals surface area contributed by atoms with Gasteiger partial charge in [-0.15, -0.1) is 12.4 Å². The molecule has 0 aliphatic rings. The van der Waals surface area contributed by atoms with E-state index in [2.05, 4.69) is 0 Å². The van der Waals surface area contributed by atoms with Crippen LogP contribution in [0.2, 0.25) is 0 Å². The predicted molar refractivity (Wildman–Crippen MR) is 77.8 cm³/mol. The van der Waals surface area contributed by atoms with E-state index in [9.17, 15) is 4.79 Å². The molecule has 0 radical (unpaired) electrons. The summed E-state index contributed by atoms with van der Waals surface area (Å²) in [5.74, 6) is 0.0297. The highest BCUT2D eigenvalue weighted by Gasteiger charge is 2.15. The Morgan fingerprint density at radius 3 is 2.21 bits per heavy atom. The molecule has 1 unspecified atom stereocenters. The van der Waals surface area contributed by atoms with E-state index in [0.717, 1.165) is 5.56 Å². The Labute approximate surface area is 118 Å². The summed E-state index contributed by atoms with van der Waals surface area (Å²) in [6, 6.07) is 15.3. The molecule has 0 fully saturated rings. The van der Waals surface area contributed by atoms with Gasteiger partial charge in [-0.1, -0.05) is 30.3 Å². The Morgan fingerprint density at radius 1 is 1.05 bits per heavy atom. The first-order chi connectivity index (χ1) is 8.66. The lowest BCUT2D eigenvalue weighted by Gasteiger charge is -2.10. The first kappa shape index (κ1) is 15.2. The van der Waals surface area contributed by atoms with Crippen LogP contribution in [-0.2, 0) is 6.42 Å². The van der Waals surface area contributed by atoms with E-state index < -0.39 is 6.04 Å². The van der Waals surface area contributed by atoms with Crippen molar-refractivity contribution in [2.24, 2.45) is 5.73 Å². The fraction of sp³-hybridized carbons (Fsp3) is 0.133. The molecule has 2 aromatic carbocycles. The van der Waals surface area contributed by atoms with Gasteiger partial charge in [-0.3, -0.25) is 4.79 Å². The molecule has 0 spiro atoms. The molecule has 2 rings (SSSR count). The van der Waals surface area contributed by atoms with E-state index in [1.807, 2.05) is 30.3 Å². The Kier molecular flexibility index (Phi) is 5.55. The lowest BCUT2D eigenvalue weighted by atomic mass is 9.98. The Balaban J connectivity index is 0.00000180. The number of hydrogen-bond donors (Lipinski definition) is 2. The van der Waals surface area contributed by atoms with E-state index in [-0.39, 0.29) is 23.9 Å². The molecule has 0 aliphatic carbocycles. The van der Waals surface area contributed by atoms with Crippen LogP contribution in [0.5, 0.6) is 5.75 Å². The van der Waals surface area contributed by atoms with Crippen molar-refractivity contribution in [2.75, 3.05) is 0 Å². The maximum absolute atomic E-state index is 12.1. The van der Waals surface area contributed by atoms with Gasteiger partial charge in [0.05, 0.1) is 6.04 Å². The predicted octanol–water partition coefficient (Wildman–Crippen LogP) is 2.57. The number of nitrogens with two attached hydrogens (primary N) is 1. The molecule has 0 aliphatic heterocycles. The molecule has 0 saturated carbocycles. The van der Waals surface area contributed by atoms with Gasteiger partial charge >= 0.3 is 0 Å². The van der Waals surface area contributed by atoms with Crippen LogP contribution < -0.4 is 5.73 Å². The molecule has 3 nitrogen and oxygen atoms in total. The van der Waals surface area contributed by atoms with Gasteiger partial charge in [0.2, 0.25) is 0 Å². The summed E-state index contributed by atoms with van der Waals surface area (Å²) in [4.78, 5) is 12.1.